The zero-order chi connectivity index (χ0) is 20.5. The van der Waals surface area contributed by atoms with E-state index in [1.807, 2.05) is 24.3 Å². The molecule has 1 aromatic heterocycles. The molecular weight excluding hydrogens is 368 g/mol. The third-order valence-electron chi connectivity index (χ3n) is 4.88. The number of anilines is 1. The Hall–Kier alpha value is -3.03. The largest absolute Gasteiger partial charge is 0.497 e. The summed E-state index contributed by atoms with van der Waals surface area (Å²) in [5.41, 5.74) is 1.09. The second-order valence-electron chi connectivity index (χ2n) is 6.69. The molecule has 8 heteroatoms. The molecule has 0 atom stereocenters. The maximum atomic E-state index is 5.47. The van der Waals surface area contributed by atoms with Crippen LogP contribution in [0.1, 0.15) is 12.5 Å². The summed E-state index contributed by atoms with van der Waals surface area (Å²) in [6.45, 7) is 7.11. The first-order chi connectivity index (χ1) is 14.2. The zero-order valence-electron chi connectivity index (χ0n) is 17.5. The number of hydrogen-bond acceptors (Lipinski definition) is 6. The molecule has 0 amide bonds. The fraction of sp³-hybridized carbons (Fsp3) is 0.476. The molecule has 0 saturated carbocycles. The predicted molar refractivity (Wildman–Crippen MR) is 115 cm³/mol. The quantitative estimate of drug-likeness (QED) is 0.563. The van der Waals surface area contributed by atoms with E-state index in [4.69, 9.17) is 14.5 Å². The molecule has 0 aliphatic carbocycles. The standard InChI is InChI=1S/C21H30N6O2/c1-4-22-20(25-11-8-17-16-18(28-2)6-7-19(17)29-3)26-12-14-27(15-13-26)21-23-9-5-10-24-21/h5-7,9-10,16H,4,8,11-15H2,1-3H3,(H,22,25). The molecule has 0 bridgehead atoms. The number of hydrogen-bond donors (Lipinski definition) is 1. The molecule has 1 aliphatic heterocycles. The van der Waals surface area contributed by atoms with Gasteiger partial charge in [-0.25, -0.2) is 9.97 Å². The van der Waals surface area contributed by atoms with Crippen LogP contribution in [0.2, 0.25) is 0 Å². The minimum absolute atomic E-state index is 0.674. The van der Waals surface area contributed by atoms with Crippen molar-refractivity contribution >= 4 is 11.9 Å². The molecule has 1 aliphatic rings. The fourth-order valence-corrected chi connectivity index (χ4v) is 3.36. The minimum Gasteiger partial charge on any atom is -0.497 e. The normalized spacial score (nSPS) is 14.7. The fourth-order valence-electron chi connectivity index (χ4n) is 3.36. The van der Waals surface area contributed by atoms with Crippen LogP contribution < -0.4 is 19.7 Å². The van der Waals surface area contributed by atoms with Crippen molar-refractivity contribution in [3.63, 3.8) is 0 Å². The zero-order valence-corrected chi connectivity index (χ0v) is 17.5. The van der Waals surface area contributed by atoms with Crippen LogP contribution in [0.5, 0.6) is 11.5 Å². The Bertz CT molecular complexity index is 791. The number of benzene rings is 1. The van der Waals surface area contributed by atoms with Crippen molar-refractivity contribution in [1.29, 1.82) is 0 Å². The third kappa shape index (κ3) is 5.49. The van der Waals surface area contributed by atoms with Gasteiger partial charge in [0.15, 0.2) is 5.96 Å². The van der Waals surface area contributed by atoms with Gasteiger partial charge in [0.1, 0.15) is 11.5 Å². The molecular formula is C21H30N6O2. The lowest BCUT2D eigenvalue weighted by Gasteiger charge is -2.36. The van der Waals surface area contributed by atoms with Crippen molar-refractivity contribution in [1.82, 2.24) is 20.2 Å². The summed E-state index contributed by atoms with van der Waals surface area (Å²) in [5, 5.41) is 3.41. The van der Waals surface area contributed by atoms with E-state index in [1.54, 1.807) is 26.6 Å². The molecule has 1 saturated heterocycles. The smallest absolute Gasteiger partial charge is 0.225 e. The Morgan fingerprint density at radius 2 is 1.86 bits per heavy atom. The highest BCUT2D eigenvalue weighted by Crippen LogP contribution is 2.24. The summed E-state index contributed by atoms with van der Waals surface area (Å²) in [6, 6.07) is 7.70. The van der Waals surface area contributed by atoms with Gasteiger partial charge in [0.2, 0.25) is 5.95 Å². The molecule has 0 unspecified atom stereocenters. The molecule has 156 valence electrons. The minimum atomic E-state index is 0.674. The Morgan fingerprint density at radius 3 is 2.52 bits per heavy atom. The van der Waals surface area contributed by atoms with E-state index in [0.29, 0.717) is 6.54 Å². The lowest BCUT2D eigenvalue weighted by molar-refractivity contribution is 0.370. The molecule has 1 fully saturated rings. The van der Waals surface area contributed by atoms with Gasteiger partial charge in [0.25, 0.3) is 0 Å². The summed E-state index contributed by atoms with van der Waals surface area (Å²) in [5.74, 6) is 3.43. The number of nitrogens with zero attached hydrogens (tertiary/aromatic N) is 5. The van der Waals surface area contributed by atoms with Gasteiger partial charge in [-0.1, -0.05) is 0 Å². The van der Waals surface area contributed by atoms with Crippen molar-refractivity contribution in [3.8, 4) is 11.5 Å². The number of aliphatic imine (C=N–C) groups is 1. The van der Waals surface area contributed by atoms with Crippen molar-refractivity contribution in [2.75, 3.05) is 58.4 Å². The summed E-state index contributed by atoms with van der Waals surface area (Å²) < 4.78 is 10.8. The van der Waals surface area contributed by atoms with Crippen LogP contribution in [0.3, 0.4) is 0 Å². The van der Waals surface area contributed by atoms with Gasteiger partial charge < -0.3 is 24.6 Å². The van der Waals surface area contributed by atoms with Gasteiger partial charge in [-0.3, -0.25) is 4.99 Å². The van der Waals surface area contributed by atoms with Crippen LogP contribution in [-0.2, 0) is 6.42 Å². The van der Waals surface area contributed by atoms with Crippen molar-refractivity contribution in [2.45, 2.75) is 13.3 Å². The van der Waals surface area contributed by atoms with E-state index in [2.05, 4.69) is 32.0 Å². The predicted octanol–water partition coefficient (Wildman–Crippen LogP) is 1.82. The molecule has 2 heterocycles. The Morgan fingerprint density at radius 1 is 1.10 bits per heavy atom. The SMILES string of the molecule is CCNC(=NCCc1cc(OC)ccc1OC)N1CCN(c2ncccn2)CC1. The highest BCUT2D eigenvalue weighted by molar-refractivity contribution is 5.80. The third-order valence-corrected chi connectivity index (χ3v) is 4.88. The first-order valence-corrected chi connectivity index (χ1v) is 10.0. The molecule has 8 nitrogen and oxygen atoms in total. The lowest BCUT2D eigenvalue weighted by atomic mass is 10.1. The topological polar surface area (TPSA) is 75.1 Å². The lowest BCUT2D eigenvalue weighted by Crippen LogP contribution is -2.53. The van der Waals surface area contributed by atoms with Gasteiger partial charge in [-0.05, 0) is 43.2 Å². The number of aromatic nitrogens is 2. The van der Waals surface area contributed by atoms with Crippen LogP contribution >= 0.6 is 0 Å². The molecule has 2 aromatic rings. The summed E-state index contributed by atoms with van der Waals surface area (Å²) in [7, 11) is 3.36. The molecule has 29 heavy (non-hydrogen) atoms. The molecule has 3 rings (SSSR count). The average molecular weight is 399 g/mol. The van der Waals surface area contributed by atoms with Crippen LogP contribution in [0.15, 0.2) is 41.7 Å². The van der Waals surface area contributed by atoms with Crippen molar-refractivity contribution in [3.05, 3.63) is 42.2 Å². The van der Waals surface area contributed by atoms with Gasteiger partial charge in [0, 0.05) is 51.7 Å². The summed E-state index contributed by atoms with van der Waals surface area (Å²) in [4.78, 5) is 18.1. The monoisotopic (exact) mass is 398 g/mol. The molecule has 0 spiro atoms. The summed E-state index contributed by atoms with van der Waals surface area (Å²) >= 11 is 0. The number of ether oxygens (including phenoxy) is 2. The van der Waals surface area contributed by atoms with E-state index < -0.39 is 0 Å². The second kappa shape index (κ2) is 10.5. The first-order valence-electron chi connectivity index (χ1n) is 10.0. The number of nitrogens with one attached hydrogen (secondary N) is 1. The Balaban J connectivity index is 1.61. The van der Waals surface area contributed by atoms with Crippen molar-refractivity contribution in [2.24, 2.45) is 4.99 Å². The van der Waals surface area contributed by atoms with Crippen LogP contribution in [-0.4, -0.2) is 74.3 Å². The highest BCUT2D eigenvalue weighted by Gasteiger charge is 2.21. The van der Waals surface area contributed by atoms with Gasteiger partial charge in [-0.15, -0.1) is 0 Å². The van der Waals surface area contributed by atoms with Gasteiger partial charge in [0.05, 0.1) is 14.2 Å². The number of guanidine groups is 1. The second-order valence-corrected chi connectivity index (χ2v) is 6.69. The van der Waals surface area contributed by atoms with Crippen LogP contribution in [0.25, 0.3) is 0 Å². The summed E-state index contributed by atoms with van der Waals surface area (Å²) in [6.07, 6.45) is 4.35. The van der Waals surface area contributed by atoms with Gasteiger partial charge >= 0.3 is 0 Å². The van der Waals surface area contributed by atoms with E-state index >= 15 is 0 Å². The number of piperazine rings is 1. The van der Waals surface area contributed by atoms with E-state index in [0.717, 1.165) is 68.1 Å². The van der Waals surface area contributed by atoms with Crippen molar-refractivity contribution < 1.29 is 9.47 Å². The number of rotatable bonds is 7. The maximum absolute atomic E-state index is 5.47. The molecule has 1 aromatic carbocycles. The Labute approximate surface area is 172 Å². The maximum Gasteiger partial charge on any atom is 0.225 e. The first kappa shape index (κ1) is 20.7. The highest BCUT2D eigenvalue weighted by atomic mass is 16.5. The van der Waals surface area contributed by atoms with Crippen LogP contribution in [0, 0.1) is 0 Å². The number of methoxy groups -OCH3 is 2. The van der Waals surface area contributed by atoms with E-state index in [-0.39, 0.29) is 0 Å². The van der Waals surface area contributed by atoms with Gasteiger partial charge in [-0.2, -0.15) is 0 Å². The van der Waals surface area contributed by atoms with E-state index in [9.17, 15) is 0 Å². The Kier molecular flexibility index (Phi) is 7.49. The van der Waals surface area contributed by atoms with E-state index in [1.165, 1.54) is 0 Å². The average Bonchev–Trinajstić information content (AvgIpc) is 2.79. The molecule has 1 N–H and O–H groups in total. The molecule has 0 radical (unpaired) electrons. The van der Waals surface area contributed by atoms with Crippen LogP contribution in [0.4, 0.5) is 5.95 Å².